The van der Waals surface area contributed by atoms with Crippen LogP contribution in [0.25, 0.3) is 0 Å². The number of carbonyl (C=O) groups is 1. The van der Waals surface area contributed by atoms with Gasteiger partial charge in [-0.05, 0) is 32.3 Å². The lowest BCUT2D eigenvalue weighted by Crippen LogP contribution is -2.41. The third-order valence-corrected chi connectivity index (χ3v) is 4.26. The highest BCUT2D eigenvalue weighted by Gasteiger charge is 2.28. The van der Waals surface area contributed by atoms with Crippen LogP contribution in [0, 0.1) is 5.92 Å². The molecule has 0 radical (unpaired) electrons. The molecule has 0 aliphatic carbocycles. The Morgan fingerprint density at radius 3 is 2.68 bits per heavy atom. The SMILES string of the molecule is CC(C)Cc1cc(C(=O)NC(C)(C)c2nnc(N)s2)n(C)n1. The van der Waals surface area contributed by atoms with Crippen molar-refractivity contribution >= 4 is 22.4 Å². The lowest BCUT2D eigenvalue weighted by molar-refractivity contribution is 0.0902. The lowest BCUT2D eigenvalue weighted by Gasteiger charge is -2.22. The molecular formula is C14H22N6OS. The average Bonchev–Trinajstić information content (AvgIpc) is 2.95. The molecule has 0 spiro atoms. The van der Waals surface area contributed by atoms with Crippen LogP contribution < -0.4 is 11.1 Å². The number of hydrogen-bond donors (Lipinski definition) is 2. The second kappa shape index (κ2) is 6.04. The molecule has 0 saturated heterocycles. The van der Waals surface area contributed by atoms with E-state index in [0.29, 0.717) is 21.8 Å². The summed E-state index contributed by atoms with van der Waals surface area (Å²) in [6, 6.07) is 1.83. The fourth-order valence-electron chi connectivity index (χ4n) is 2.15. The predicted octanol–water partition coefficient (Wildman–Crippen LogP) is 1.72. The van der Waals surface area contributed by atoms with Crippen molar-refractivity contribution in [2.75, 3.05) is 5.73 Å². The summed E-state index contributed by atoms with van der Waals surface area (Å²) in [7, 11) is 1.77. The summed E-state index contributed by atoms with van der Waals surface area (Å²) in [6.45, 7) is 7.99. The molecule has 2 rings (SSSR count). The van der Waals surface area contributed by atoms with Gasteiger partial charge in [-0.1, -0.05) is 25.2 Å². The molecule has 1 amide bonds. The van der Waals surface area contributed by atoms with E-state index in [-0.39, 0.29) is 5.91 Å². The first-order chi connectivity index (χ1) is 10.2. The maximum Gasteiger partial charge on any atom is 0.270 e. The van der Waals surface area contributed by atoms with Crippen molar-refractivity contribution in [3.63, 3.8) is 0 Å². The Bertz CT molecular complexity index is 673. The van der Waals surface area contributed by atoms with Crippen LogP contribution in [-0.2, 0) is 19.0 Å². The zero-order valence-corrected chi connectivity index (χ0v) is 14.4. The van der Waals surface area contributed by atoms with Gasteiger partial charge in [-0.3, -0.25) is 9.48 Å². The number of aromatic nitrogens is 4. The number of hydrogen-bond acceptors (Lipinski definition) is 6. The molecule has 8 heteroatoms. The van der Waals surface area contributed by atoms with E-state index in [1.165, 1.54) is 11.3 Å². The van der Waals surface area contributed by atoms with Gasteiger partial charge in [-0.15, -0.1) is 10.2 Å². The second-order valence-corrected chi connectivity index (χ2v) is 7.28. The van der Waals surface area contributed by atoms with Crippen molar-refractivity contribution in [2.24, 2.45) is 13.0 Å². The number of carbonyl (C=O) groups excluding carboxylic acids is 1. The van der Waals surface area contributed by atoms with Crippen molar-refractivity contribution in [3.05, 3.63) is 22.5 Å². The number of amides is 1. The standard InChI is InChI=1S/C14H22N6OS/c1-8(2)6-9-7-10(20(5)19-9)11(21)16-14(3,4)12-17-18-13(15)22-12/h7-8H,6H2,1-5H3,(H2,15,18)(H,16,21). The monoisotopic (exact) mass is 322 g/mol. The van der Waals surface area contributed by atoms with E-state index in [2.05, 4.69) is 34.5 Å². The van der Waals surface area contributed by atoms with Crippen LogP contribution in [0.2, 0.25) is 0 Å². The van der Waals surface area contributed by atoms with Gasteiger partial charge in [-0.2, -0.15) is 5.10 Å². The summed E-state index contributed by atoms with van der Waals surface area (Å²) in [4.78, 5) is 12.5. The normalized spacial score (nSPS) is 11.9. The van der Waals surface area contributed by atoms with Gasteiger partial charge in [0.25, 0.3) is 5.91 Å². The van der Waals surface area contributed by atoms with E-state index >= 15 is 0 Å². The Balaban J connectivity index is 2.16. The van der Waals surface area contributed by atoms with E-state index in [9.17, 15) is 4.79 Å². The molecule has 0 aromatic carbocycles. The van der Waals surface area contributed by atoms with Gasteiger partial charge in [-0.25, -0.2) is 0 Å². The molecule has 2 heterocycles. The first kappa shape index (κ1) is 16.4. The number of rotatable bonds is 5. The number of nitrogens with one attached hydrogen (secondary N) is 1. The highest BCUT2D eigenvalue weighted by molar-refractivity contribution is 7.15. The molecule has 3 N–H and O–H groups in total. The highest BCUT2D eigenvalue weighted by atomic mass is 32.1. The Hall–Kier alpha value is -1.96. The van der Waals surface area contributed by atoms with Gasteiger partial charge < -0.3 is 11.1 Å². The summed E-state index contributed by atoms with van der Waals surface area (Å²) in [6.07, 6.45) is 0.845. The molecule has 7 nitrogen and oxygen atoms in total. The van der Waals surface area contributed by atoms with Crippen molar-refractivity contribution < 1.29 is 4.79 Å². The summed E-state index contributed by atoms with van der Waals surface area (Å²) >= 11 is 1.27. The van der Waals surface area contributed by atoms with E-state index in [0.717, 1.165) is 12.1 Å². The van der Waals surface area contributed by atoms with E-state index < -0.39 is 5.54 Å². The van der Waals surface area contributed by atoms with Gasteiger partial charge >= 0.3 is 0 Å². The summed E-state index contributed by atoms with van der Waals surface area (Å²) in [5, 5.41) is 16.2. The predicted molar refractivity (Wildman–Crippen MR) is 86.6 cm³/mol. The third kappa shape index (κ3) is 3.62. The van der Waals surface area contributed by atoms with Gasteiger partial charge in [0.1, 0.15) is 10.7 Å². The van der Waals surface area contributed by atoms with Crippen molar-refractivity contribution in [1.29, 1.82) is 0 Å². The first-order valence-corrected chi connectivity index (χ1v) is 7.95. The van der Waals surface area contributed by atoms with Crippen LogP contribution in [-0.4, -0.2) is 25.9 Å². The van der Waals surface area contributed by atoms with Crippen molar-refractivity contribution in [1.82, 2.24) is 25.3 Å². The molecule has 0 bridgehead atoms. The highest BCUT2D eigenvalue weighted by Crippen LogP contribution is 2.25. The third-order valence-electron chi connectivity index (χ3n) is 3.18. The van der Waals surface area contributed by atoms with E-state index in [1.54, 1.807) is 11.7 Å². The number of nitrogen functional groups attached to an aromatic ring is 1. The lowest BCUT2D eigenvalue weighted by atomic mass is 10.1. The van der Waals surface area contributed by atoms with Crippen molar-refractivity contribution in [2.45, 2.75) is 39.7 Å². The fraction of sp³-hybridized carbons (Fsp3) is 0.571. The van der Waals surface area contributed by atoms with Crippen LogP contribution in [0.1, 0.15) is 48.9 Å². The summed E-state index contributed by atoms with van der Waals surface area (Å²) in [5.41, 5.74) is 6.41. The second-order valence-electron chi connectivity index (χ2n) is 6.27. The zero-order chi connectivity index (χ0) is 16.5. The number of nitrogens with zero attached hydrogens (tertiary/aromatic N) is 4. The molecule has 2 aromatic rings. The van der Waals surface area contributed by atoms with Crippen LogP contribution in [0.3, 0.4) is 0 Å². The number of nitrogens with two attached hydrogens (primary N) is 1. The van der Waals surface area contributed by atoms with Gasteiger partial charge in [0.15, 0.2) is 0 Å². The Morgan fingerprint density at radius 2 is 2.14 bits per heavy atom. The summed E-state index contributed by atoms with van der Waals surface area (Å²) < 4.78 is 1.61. The maximum absolute atomic E-state index is 12.5. The number of aryl methyl sites for hydroxylation is 1. The molecule has 0 aliphatic rings. The molecule has 0 fully saturated rings. The van der Waals surface area contributed by atoms with Crippen molar-refractivity contribution in [3.8, 4) is 0 Å². The molecule has 0 aliphatic heterocycles. The quantitative estimate of drug-likeness (QED) is 0.873. The molecule has 0 unspecified atom stereocenters. The molecule has 0 atom stereocenters. The molecule has 120 valence electrons. The Kier molecular flexibility index (Phi) is 4.50. The topological polar surface area (TPSA) is 98.7 Å². The zero-order valence-electron chi connectivity index (χ0n) is 13.5. The van der Waals surface area contributed by atoms with E-state index in [4.69, 9.17) is 5.73 Å². The smallest absolute Gasteiger partial charge is 0.270 e. The summed E-state index contributed by atoms with van der Waals surface area (Å²) in [5.74, 6) is 0.301. The molecule has 2 aromatic heterocycles. The fourth-order valence-corrected chi connectivity index (χ4v) is 2.81. The van der Waals surface area contributed by atoms with Crippen LogP contribution in [0.15, 0.2) is 6.07 Å². The minimum Gasteiger partial charge on any atom is -0.374 e. The minimum absolute atomic E-state index is 0.191. The maximum atomic E-state index is 12.5. The minimum atomic E-state index is -0.644. The Labute approximate surface area is 133 Å². The van der Waals surface area contributed by atoms with Crippen LogP contribution in [0.4, 0.5) is 5.13 Å². The Morgan fingerprint density at radius 1 is 1.45 bits per heavy atom. The van der Waals surface area contributed by atoms with Gasteiger partial charge in [0.2, 0.25) is 5.13 Å². The van der Waals surface area contributed by atoms with Gasteiger partial charge in [0, 0.05) is 7.05 Å². The van der Waals surface area contributed by atoms with E-state index in [1.807, 2.05) is 19.9 Å². The average molecular weight is 322 g/mol. The molecule has 22 heavy (non-hydrogen) atoms. The van der Waals surface area contributed by atoms with Gasteiger partial charge in [0.05, 0.1) is 11.2 Å². The largest absolute Gasteiger partial charge is 0.374 e. The van der Waals surface area contributed by atoms with Crippen LogP contribution in [0.5, 0.6) is 0 Å². The molecule has 0 saturated carbocycles. The number of anilines is 1. The molecular weight excluding hydrogens is 300 g/mol. The van der Waals surface area contributed by atoms with Crippen LogP contribution >= 0.6 is 11.3 Å². The first-order valence-electron chi connectivity index (χ1n) is 7.14.